The van der Waals surface area contributed by atoms with Crippen LogP contribution in [-0.4, -0.2) is 29.2 Å². The van der Waals surface area contributed by atoms with Crippen molar-refractivity contribution in [1.82, 2.24) is 0 Å². The molecule has 1 aromatic rings. The van der Waals surface area contributed by atoms with E-state index in [0.29, 0.717) is 11.0 Å². The van der Waals surface area contributed by atoms with Crippen molar-refractivity contribution in [3.63, 3.8) is 0 Å². The molecule has 2 atom stereocenters. The molecule has 0 aliphatic heterocycles. The number of aliphatic hydroxyl groups is 2. The lowest BCUT2D eigenvalue weighted by Crippen LogP contribution is -2.03. The first-order valence-electron chi connectivity index (χ1n) is 5.72. The molecule has 0 aliphatic rings. The van der Waals surface area contributed by atoms with E-state index >= 15 is 0 Å². The van der Waals surface area contributed by atoms with E-state index in [2.05, 4.69) is 6.92 Å². The summed E-state index contributed by atoms with van der Waals surface area (Å²) in [5.74, 6) is 0.709. The average Bonchev–Trinajstić information content (AvgIpc) is 2.28. The van der Waals surface area contributed by atoms with Crippen LogP contribution in [0.15, 0.2) is 23.1 Å². The van der Waals surface area contributed by atoms with E-state index in [4.69, 9.17) is 9.84 Å². The molecule has 0 radical (unpaired) electrons. The first-order valence-corrected chi connectivity index (χ1v) is 6.60. The fraction of sp³-hybridized carbons (Fsp3) is 0.538. The molecular formula is C13H20O3S. The van der Waals surface area contributed by atoms with Gasteiger partial charge in [-0.3, -0.25) is 0 Å². The third-order valence-corrected chi connectivity index (χ3v) is 3.78. The SMILES string of the molecule is COc1cccc(SC(C)CCO)c1C(C)O. The van der Waals surface area contributed by atoms with Crippen molar-refractivity contribution in [3.8, 4) is 5.75 Å². The highest BCUT2D eigenvalue weighted by molar-refractivity contribution is 8.00. The normalized spacial score (nSPS) is 14.4. The molecule has 0 aliphatic carbocycles. The Morgan fingerprint density at radius 2 is 2.06 bits per heavy atom. The number of benzene rings is 1. The number of ether oxygens (including phenoxy) is 1. The summed E-state index contributed by atoms with van der Waals surface area (Å²) in [7, 11) is 1.60. The standard InChI is InChI=1S/C13H20O3S/c1-9(7-8-14)17-12-6-4-5-11(16-3)13(12)10(2)15/h4-6,9-10,14-15H,7-8H2,1-3H3. The van der Waals surface area contributed by atoms with Crippen LogP contribution in [0.1, 0.15) is 31.9 Å². The minimum Gasteiger partial charge on any atom is -0.496 e. The van der Waals surface area contributed by atoms with Gasteiger partial charge in [0.25, 0.3) is 0 Å². The van der Waals surface area contributed by atoms with Crippen molar-refractivity contribution in [2.45, 2.75) is 36.5 Å². The van der Waals surface area contributed by atoms with Gasteiger partial charge in [0.2, 0.25) is 0 Å². The van der Waals surface area contributed by atoms with Crippen LogP contribution in [-0.2, 0) is 0 Å². The van der Waals surface area contributed by atoms with E-state index in [1.54, 1.807) is 25.8 Å². The number of hydrogen-bond acceptors (Lipinski definition) is 4. The quantitative estimate of drug-likeness (QED) is 0.768. The summed E-state index contributed by atoms with van der Waals surface area (Å²) in [6.45, 7) is 3.98. The summed E-state index contributed by atoms with van der Waals surface area (Å²) < 4.78 is 5.27. The third kappa shape index (κ3) is 3.91. The van der Waals surface area contributed by atoms with E-state index in [0.717, 1.165) is 16.9 Å². The van der Waals surface area contributed by atoms with Gasteiger partial charge in [-0.15, -0.1) is 11.8 Å². The number of rotatable bonds is 6. The van der Waals surface area contributed by atoms with E-state index in [1.165, 1.54) is 0 Å². The minimum absolute atomic E-state index is 0.183. The maximum atomic E-state index is 9.82. The Bertz CT molecular complexity index is 353. The molecule has 0 amide bonds. The Morgan fingerprint density at radius 3 is 2.59 bits per heavy atom. The van der Waals surface area contributed by atoms with Crippen LogP contribution in [0.5, 0.6) is 5.75 Å². The fourth-order valence-corrected chi connectivity index (χ4v) is 2.89. The molecule has 0 saturated carbocycles. The predicted molar refractivity (Wildman–Crippen MR) is 70.6 cm³/mol. The summed E-state index contributed by atoms with van der Waals surface area (Å²) >= 11 is 1.65. The van der Waals surface area contributed by atoms with Crippen LogP contribution in [0.4, 0.5) is 0 Å². The molecule has 0 bridgehead atoms. The maximum Gasteiger partial charge on any atom is 0.125 e. The van der Waals surface area contributed by atoms with E-state index in [9.17, 15) is 5.11 Å². The number of aliphatic hydroxyl groups excluding tert-OH is 2. The monoisotopic (exact) mass is 256 g/mol. The third-order valence-electron chi connectivity index (χ3n) is 2.53. The average molecular weight is 256 g/mol. The van der Waals surface area contributed by atoms with Gasteiger partial charge in [-0.2, -0.15) is 0 Å². The number of methoxy groups -OCH3 is 1. The summed E-state index contributed by atoms with van der Waals surface area (Å²) in [5, 5.41) is 19.0. The van der Waals surface area contributed by atoms with Crippen LogP contribution < -0.4 is 4.74 Å². The zero-order valence-electron chi connectivity index (χ0n) is 10.5. The van der Waals surface area contributed by atoms with Crippen molar-refractivity contribution >= 4 is 11.8 Å². The molecule has 4 heteroatoms. The van der Waals surface area contributed by atoms with Crippen molar-refractivity contribution < 1.29 is 14.9 Å². The second-order valence-electron chi connectivity index (χ2n) is 3.99. The van der Waals surface area contributed by atoms with Crippen molar-refractivity contribution in [2.24, 2.45) is 0 Å². The molecule has 3 nitrogen and oxygen atoms in total. The van der Waals surface area contributed by atoms with Crippen LogP contribution in [0.3, 0.4) is 0 Å². The van der Waals surface area contributed by atoms with Gasteiger partial charge in [0.15, 0.2) is 0 Å². The van der Waals surface area contributed by atoms with Gasteiger partial charge < -0.3 is 14.9 Å². The zero-order chi connectivity index (χ0) is 12.8. The highest BCUT2D eigenvalue weighted by Gasteiger charge is 2.16. The molecule has 0 heterocycles. The fourth-order valence-electron chi connectivity index (χ4n) is 1.67. The summed E-state index contributed by atoms with van der Waals surface area (Å²) in [5.41, 5.74) is 0.824. The molecule has 96 valence electrons. The van der Waals surface area contributed by atoms with E-state index in [-0.39, 0.29) is 6.61 Å². The number of hydrogen-bond donors (Lipinski definition) is 2. The van der Waals surface area contributed by atoms with Crippen molar-refractivity contribution in [2.75, 3.05) is 13.7 Å². The second kappa shape index (κ2) is 6.89. The summed E-state index contributed by atoms with van der Waals surface area (Å²) in [4.78, 5) is 1.01. The van der Waals surface area contributed by atoms with Gasteiger partial charge in [0.05, 0.1) is 13.2 Å². The van der Waals surface area contributed by atoms with Gasteiger partial charge in [0, 0.05) is 22.3 Å². The molecule has 1 aromatic carbocycles. The van der Waals surface area contributed by atoms with Gasteiger partial charge in [-0.25, -0.2) is 0 Å². The molecule has 0 saturated heterocycles. The Morgan fingerprint density at radius 1 is 1.35 bits per heavy atom. The highest BCUT2D eigenvalue weighted by Crippen LogP contribution is 2.37. The first kappa shape index (κ1) is 14.4. The van der Waals surface area contributed by atoms with Crippen LogP contribution in [0, 0.1) is 0 Å². The Balaban J connectivity index is 2.97. The molecule has 2 unspecified atom stereocenters. The molecule has 0 aromatic heterocycles. The van der Waals surface area contributed by atoms with Gasteiger partial charge in [0.1, 0.15) is 5.75 Å². The first-order chi connectivity index (χ1) is 8.10. The Hall–Kier alpha value is -0.710. The van der Waals surface area contributed by atoms with Gasteiger partial charge in [-0.05, 0) is 25.5 Å². The lowest BCUT2D eigenvalue weighted by atomic mass is 10.1. The summed E-state index contributed by atoms with van der Waals surface area (Å²) in [6.07, 6.45) is 0.177. The van der Waals surface area contributed by atoms with Gasteiger partial charge >= 0.3 is 0 Å². The van der Waals surface area contributed by atoms with E-state index < -0.39 is 6.10 Å². The zero-order valence-corrected chi connectivity index (χ0v) is 11.3. The lowest BCUT2D eigenvalue weighted by Gasteiger charge is -2.18. The second-order valence-corrected chi connectivity index (χ2v) is 5.47. The lowest BCUT2D eigenvalue weighted by molar-refractivity contribution is 0.191. The highest BCUT2D eigenvalue weighted by atomic mass is 32.2. The molecule has 0 fully saturated rings. The van der Waals surface area contributed by atoms with Gasteiger partial charge in [-0.1, -0.05) is 13.0 Å². The molecule has 1 rings (SSSR count). The topological polar surface area (TPSA) is 49.7 Å². The van der Waals surface area contributed by atoms with Crippen LogP contribution >= 0.6 is 11.8 Å². The minimum atomic E-state index is -0.560. The Kier molecular flexibility index (Phi) is 5.82. The summed E-state index contributed by atoms with van der Waals surface area (Å²) in [6, 6.07) is 5.74. The molecular weight excluding hydrogens is 236 g/mol. The predicted octanol–water partition coefficient (Wildman–Crippen LogP) is 2.61. The number of thioether (sulfide) groups is 1. The van der Waals surface area contributed by atoms with Crippen LogP contribution in [0.2, 0.25) is 0 Å². The maximum absolute atomic E-state index is 9.82. The Labute approximate surface area is 107 Å². The van der Waals surface area contributed by atoms with Crippen LogP contribution in [0.25, 0.3) is 0 Å². The largest absolute Gasteiger partial charge is 0.496 e. The molecule has 2 N–H and O–H groups in total. The van der Waals surface area contributed by atoms with Crippen molar-refractivity contribution in [3.05, 3.63) is 23.8 Å². The molecule has 17 heavy (non-hydrogen) atoms. The van der Waals surface area contributed by atoms with Crippen molar-refractivity contribution in [1.29, 1.82) is 0 Å². The van der Waals surface area contributed by atoms with E-state index in [1.807, 2.05) is 18.2 Å². The smallest absolute Gasteiger partial charge is 0.125 e. The molecule has 0 spiro atoms.